The summed E-state index contributed by atoms with van der Waals surface area (Å²) < 4.78 is 69.1. The van der Waals surface area contributed by atoms with Gasteiger partial charge in [-0.15, -0.1) is 0 Å². The number of aliphatic imine (C=N–C) groups is 1. The van der Waals surface area contributed by atoms with Crippen LogP contribution >= 0.6 is 0 Å². The lowest BCUT2D eigenvalue weighted by Gasteiger charge is -2.07. The van der Waals surface area contributed by atoms with E-state index in [1.165, 1.54) is 52.1 Å². The van der Waals surface area contributed by atoms with Gasteiger partial charge in [-0.3, -0.25) is 4.99 Å². The smallest absolute Gasteiger partial charge is 0.494 e. The Kier molecular flexibility index (Phi) is 9.86. The van der Waals surface area contributed by atoms with Gasteiger partial charge >= 0.3 is 15.6 Å². The molecule has 0 aromatic carbocycles. The van der Waals surface area contributed by atoms with Gasteiger partial charge in [-0.25, -0.2) is 0 Å². The summed E-state index contributed by atoms with van der Waals surface area (Å²) in [6.07, 6.45) is 17.3. The van der Waals surface area contributed by atoms with E-state index in [1.807, 2.05) is 6.08 Å². The van der Waals surface area contributed by atoms with E-state index in [0.29, 0.717) is 5.70 Å². The number of alkyl halides is 3. The summed E-state index contributed by atoms with van der Waals surface area (Å²) in [7, 11) is -4.46. The standard InChI is InChI=1S/C22H31F3N2O4S/c1-3-4-5-6-7-8-9-10-11-12-17-13-14-18(26-17)15-19-20(30-2)16-21(27-19)31-32(28,29)22(23,24)25/h13-16,27H,3-12H2,1-2H3. The molecule has 1 aromatic rings. The maximum Gasteiger partial charge on any atom is 0.534 e. The Hall–Kier alpha value is -2.23. The second-order valence-corrected chi connectivity index (χ2v) is 9.22. The highest BCUT2D eigenvalue weighted by molar-refractivity contribution is 7.87. The van der Waals surface area contributed by atoms with Crippen LogP contribution in [0.5, 0.6) is 11.6 Å². The van der Waals surface area contributed by atoms with E-state index in [0.717, 1.165) is 31.0 Å². The van der Waals surface area contributed by atoms with E-state index in [2.05, 4.69) is 21.1 Å². The number of nitrogens with zero attached hydrogens (tertiary/aromatic N) is 1. The van der Waals surface area contributed by atoms with Crippen molar-refractivity contribution in [3.63, 3.8) is 0 Å². The zero-order chi connectivity index (χ0) is 23.6. The number of halogens is 3. The average molecular weight is 477 g/mol. The van der Waals surface area contributed by atoms with Gasteiger partial charge in [0.05, 0.1) is 18.5 Å². The maximum absolute atomic E-state index is 12.5. The van der Waals surface area contributed by atoms with E-state index in [9.17, 15) is 21.6 Å². The van der Waals surface area contributed by atoms with E-state index < -0.39 is 21.5 Å². The Morgan fingerprint density at radius 1 is 1.03 bits per heavy atom. The van der Waals surface area contributed by atoms with E-state index in [4.69, 9.17) is 4.74 Å². The topological polar surface area (TPSA) is 80.8 Å². The van der Waals surface area contributed by atoms with Crippen LogP contribution in [-0.4, -0.2) is 31.7 Å². The third kappa shape index (κ3) is 8.03. The fraction of sp³-hybridized carbons (Fsp3) is 0.591. The predicted molar refractivity (Wildman–Crippen MR) is 119 cm³/mol. The minimum atomic E-state index is -5.77. The fourth-order valence-electron chi connectivity index (χ4n) is 3.32. The van der Waals surface area contributed by atoms with Crippen LogP contribution in [0, 0.1) is 0 Å². The molecule has 1 aliphatic heterocycles. The van der Waals surface area contributed by atoms with Crippen molar-refractivity contribution in [3.8, 4) is 11.6 Å². The van der Waals surface area contributed by atoms with Crippen molar-refractivity contribution in [3.05, 3.63) is 29.6 Å². The lowest BCUT2D eigenvalue weighted by atomic mass is 10.1. The van der Waals surface area contributed by atoms with E-state index in [1.54, 1.807) is 12.2 Å². The van der Waals surface area contributed by atoms with Crippen molar-refractivity contribution in [2.45, 2.75) is 76.6 Å². The maximum atomic E-state index is 12.5. The van der Waals surface area contributed by atoms with Gasteiger partial charge in [0.2, 0.25) is 5.88 Å². The highest BCUT2D eigenvalue weighted by Gasteiger charge is 2.48. The molecule has 2 rings (SSSR count). The molecule has 1 N–H and O–H groups in total. The van der Waals surface area contributed by atoms with Crippen molar-refractivity contribution >= 4 is 21.9 Å². The molecule has 0 unspecified atom stereocenters. The number of aromatic nitrogens is 1. The normalized spacial score (nSPS) is 15.4. The molecule has 0 amide bonds. The fourth-order valence-corrected chi connectivity index (χ4v) is 3.74. The molecule has 10 heteroatoms. The van der Waals surface area contributed by atoms with Gasteiger partial charge in [0.15, 0.2) is 0 Å². The third-order valence-electron chi connectivity index (χ3n) is 5.04. The van der Waals surface area contributed by atoms with E-state index in [-0.39, 0.29) is 11.4 Å². The van der Waals surface area contributed by atoms with Gasteiger partial charge in [-0.2, -0.15) is 21.6 Å². The molecule has 2 heterocycles. The largest absolute Gasteiger partial charge is 0.534 e. The number of rotatable bonds is 14. The molecule has 1 aliphatic rings. The third-order valence-corrected chi connectivity index (χ3v) is 6.00. The zero-order valence-corrected chi connectivity index (χ0v) is 19.3. The molecule has 0 saturated heterocycles. The molecular formula is C22H31F3N2O4S. The summed E-state index contributed by atoms with van der Waals surface area (Å²) in [6, 6.07) is 1.04. The Morgan fingerprint density at radius 3 is 2.25 bits per heavy atom. The number of unbranched alkanes of at least 4 members (excludes halogenated alkanes) is 8. The second-order valence-electron chi connectivity index (χ2n) is 7.68. The summed E-state index contributed by atoms with van der Waals surface area (Å²) in [5.74, 6) is -0.451. The minimum Gasteiger partial charge on any atom is -0.494 e. The van der Waals surface area contributed by atoms with Crippen molar-refractivity contribution in [2.75, 3.05) is 7.11 Å². The van der Waals surface area contributed by atoms with Gasteiger partial charge in [-0.05, 0) is 31.1 Å². The first-order valence-corrected chi connectivity index (χ1v) is 12.3. The number of nitrogens with one attached hydrogen (secondary N) is 1. The van der Waals surface area contributed by atoms with Crippen molar-refractivity contribution in [1.29, 1.82) is 0 Å². The van der Waals surface area contributed by atoms with Crippen LogP contribution in [0.15, 0.2) is 28.9 Å². The molecule has 0 radical (unpaired) electrons. The molecule has 0 fully saturated rings. The van der Waals surface area contributed by atoms with Crippen LogP contribution in [-0.2, 0) is 10.1 Å². The summed E-state index contributed by atoms with van der Waals surface area (Å²) in [4.78, 5) is 6.98. The van der Waals surface area contributed by atoms with Crippen LogP contribution < -0.4 is 8.92 Å². The number of hydrogen-bond donors (Lipinski definition) is 1. The molecule has 0 bridgehead atoms. The van der Waals surface area contributed by atoms with Crippen LogP contribution in [0.3, 0.4) is 0 Å². The molecule has 1 aromatic heterocycles. The monoisotopic (exact) mass is 476 g/mol. The molecule has 0 spiro atoms. The Balaban J connectivity index is 1.87. The number of methoxy groups -OCH3 is 1. The number of aromatic amines is 1. The first kappa shape index (κ1) is 26.0. The summed E-state index contributed by atoms with van der Waals surface area (Å²) in [5, 5.41) is 0. The minimum absolute atomic E-state index is 0.140. The van der Waals surface area contributed by atoms with Gasteiger partial charge < -0.3 is 13.9 Å². The first-order valence-electron chi connectivity index (χ1n) is 10.9. The van der Waals surface area contributed by atoms with E-state index >= 15 is 0 Å². The van der Waals surface area contributed by atoms with Gasteiger partial charge in [0, 0.05) is 11.8 Å². The molecule has 0 saturated carbocycles. The average Bonchev–Trinajstić information content (AvgIpc) is 3.32. The lowest BCUT2D eigenvalue weighted by Crippen LogP contribution is -2.28. The summed E-state index contributed by atoms with van der Waals surface area (Å²) >= 11 is 0. The first-order chi connectivity index (χ1) is 15.2. The van der Waals surface area contributed by atoms with Crippen molar-refractivity contribution < 1.29 is 30.5 Å². The molecule has 6 nitrogen and oxygen atoms in total. The van der Waals surface area contributed by atoms with Crippen LogP contribution in [0.25, 0.3) is 6.08 Å². The Labute approximate surface area is 187 Å². The Morgan fingerprint density at radius 2 is 1.66 bits per heavy atom. The quantitative estimate of drug-likeness (QED) is 0.188. The van der Waals surface area contributed by atoms with Gasteiger partial charge in [-0.1, -0.05) is 58.3 Å². The highest BCUT2D eigenvalue weighted by Crippen LogP contribution is 2.32. The number of H-pyrrole nitrogens is 1. The Bertz CT molecular complexity index is 931. The molecule has 32 heavy (non-hydrogen) atoms. The van der Waals surface area contributed by atoms with Crippen LogP contribution in [0.2, 0.25) is 0 Å². The summed E-state index contributed by atoms with van der Waals surface area (Å²) in [5.41, 5.74) is -3.75. The highest BCUT2D eigenvalue weighted by atomic mass is 32.2. The van der Waals surface area contributed by atoms with Crippen molar-refractivity contribution in [2.24, 2.45) is 4.99 Å². The van der Waals surface area contributed by atoms with Crippen LogP contribution in [0.4, 0.5) is 13.2 Å². The SMILES string of the molecule is CCCCCCCCCCCC1=NC(=Cc2[nH]c(OS(=O)(=O)C(F)(F)F)cc2OC)C=C1. The summed E-state index contributed by atoms with van der Waals surface area (Å²) in [6.45, 7) is 2.21. The van der Waals surface area contributed by atoms with Gasteiger partial charge in [0.25, 0.3) is 0 Å². The van der Waals surface area contributed by atoms with Gasteiger partial charge in [0.1, 0.15) is 5.75 Å². The lowest BCUT2D eigenvalue weighted by molar-refractivity contribution is -0.0501. The number of allylic oxidation sites excluding steroid dienone is 2. The number of ether oxygens (including phenoxy) is 1. The van der Waals surface area contributed by atoms with Crippen molar-refractivity contribution in [1.82, 2.24) is 4.98 Å². The molecule has 0 aliphatic carbocycles. The number of hydrogen-bond acceptors (Lipinski definition) is 5. The second kappa shape index (κ2) is 12.1. The van der Waals surface area contributed by atoms with Crippen LogP contribution in [0.1, 0.15) is 76.8 Å². The predicted octanol–water partition coefficient (Wildman–Crippen LogP) is 6.52. The zero-order valence-electron chi connectivity index (χ0n) is 18.5. The molecular weight excluding hydrogens is 445 g/mol. The molecule has 180 valence electrons. The molecule has 0 atom stereocenters.